The van der Waals surface area contributed by atoms with Crippen molar-refractivity contribution >= 4 is 23.2 Å². The van der Waals surface area contributed by atoms with Crippen molar-refractivity contribution in [2.45, 2.75) is 56.7 Å². The number of likely N-dealkylation sites (tertiary alicyclic amines) is 1. The fourth-order valence-electron chi connectivity index (χ4n) is 5.05. The molecule has 6 nitrogen and oxygen atoms in total. The second-order valence-electron chi connectivity index (χ2n) is 8.96. The van der Waals surface area contributed by atoms with E-state index in [1.165, 1.54) is 12.8 Å². The molecule has 0 radical (unpaired) electrons. The number of anilines is 2. The van der Waals surface area contributed by atoms with E-state index in [2.05, 4.69) is 28.1 Å². The van der Waals surface area contributed by atoms with Crippen LogP contribution in [-0.2, 0) is 6.54 Å². The van der Waals surface area contributed by atoms with Gasteiger partial charge in [0, 0.05) is 13.1 Å². The number of aliphatic imine (C=N–C) groups is 1. The second kappa shape index (κ2) is 8.61. The molecule has 0 aromatic heterocycles. The van der Waals surface area contributed by atoms with Crippen molar-refractivity contribution in [1.82, 2.24) is 10.2 Å². The van der Waals surface area contributed by atoms with Crippen LogP contribution in [0, 0.1) is 0 Å². The highest BCUT2D eigenvalue weighted by Gasteiger charge is 2.45. The molecule has 1 saturated carbocycles. The molecule has 1 saturated heterocycles. The molecule has 2 aromatic carbocycles. The molecule has 1 aliphatic carbocycles. The number of carbonyl (C=O) groups excluding carboxylic acids is 1. The molecule has 2 fully saturated rings. The van der Waals surface area contributed by atoms with Crippen LogP contribution in [0.25, 0.3) is 0 Å². The summed E-state index contributed by atoms with van der Waals surface area (Å²) in [4.78, 5) is 20.1. The number of fused-ring (bicyclic) bond motifs is 1. The van der Waals surface area contributed by atoms with Gasteiger partial charge in [-0.15, -0.1) is 0 Å². The van der Waals surface area contributed by atoms with E-state index >= 15 is 0 Å². The zero-order valence-electron chi connectivity index (χ0n) is 17.9. The predicted molar refractivity (Wildman–Crippen MR) is 126 cm³/mol. The van der Waals surface area contributed by atoms with Crippen LogP contribution in [0.3, 0.4) is 0 Å². The Balaban J connectivity index is 1.37. The molecule has 1 spiro atoms. The summed E-state index contributed by atoms with van der Waals surface area (Å²) in [5.41, 5.74) is 2.90. The first-order valence-corrected chi connectivity index (χ1v) is 11.5. The van der Waals surface area contributed by atoms with Gasteiger partial charge in [0.2, 0.25) is 0 Å². The van der Waals surface area contributed by atoms with E-state index in [0.29, 0.717) is 19.1 Å². The number of piperidine rings is 1. The highest BCUT2D eigenvalue weighted by molar-refractivity contribution is 6.10. The third-order valence-corrected chi connectivity index (χ3v) is 6.71. The number of carbonyl (C=O) groups is 1. The maximum Gasteiger partial charge on any atom is 0.317 e. The smallest absolute Gasteiger partial charge is 0.317 e. The maximum atomic E-state index is 13.0. The average molecular weight is 418 g/mol. The molecule has 5 rings (SSSR count). The Labute approximate surface area is 184 Å². The van der Waals surface area contributed by atoms with E-state index in [9.17, 15) is 4.79 Å². The number of urea groups is 1. The van der Waals surface area contributed by atoms with Gasteiger partial charge < -0.3 is 20.9 Å². The van der Waals surface area contributed by atoms with Crippen LogP contribution < -0.4 is 16.0 Å². The Morgan fingerprint density at radius 2 is 1.77 bits per heavy atom. The van der Waals surface area contributed by atoms with Crippen molar-refractivity contribution in [3.05, 3.63) is 60.2 Å². The van der Waals surface area contributed by atoms with Gasteiger partial charge in [-0.2, -0.15) is 0 Å². The van der Waals surface area contributed by atoms with E-state index < -0.39 is 0 Å². The van der Waals surface area contributed by atoms with Gasteiger partial charge in [-0.05, 0) is 43.4 Å². The first kappa shape index (κ1) is 19.9. The van der Waals surface area contributed by atoms with Crippen LogP contribution in [0.1, 0.15) is 44.1 Å². The van der Waals surface area contributed by atoms with Crippen molar-refractivity contribution in [1.29, 1.82) is 0 Å². The van der Waals surface area contributed by atoms with Gasteiger partial charge in [0.15, 0.2) is 0 Å². The summed E-state index contributed by atoms with van der Waals surface area (Å²) in [5.74, 6) is 0.999. The van der Waals surface area contributed by atoms with E-state index in [4.69, 9.17) is 4.99 Å². The third-order valence-electron chi connectivity index (χ3n) is 6.71. The zero-order chi connectivity index (χ0) is 21.1. The lowest BCUT2D eigenvalue weighted by Gasteiger charge is -2.47. The lowest BCUT2D eigenvalue weighted by Crippen LogP contribution is -2.63. The molecule has 2 heterocycles. The van der Waals surface area contributed by atoms with E-state index in [-0.39, 0.29) is 11.6 Å². The molecule has 0 bridgehead atoms. The molecule has 2 amide bonds. The fourth-order valence-corrected chi connectivity index (χ4v) is 5.05. The monoisotopic (exact) mass is 417 g/mol. The van der Waals surface area contributed by atoms with Gasteiger partial charge in [0.1, 0.15) is 11.4 Å². The molecule has 2 aromatic rings. The Morgan fingerprint density at radius 3 is 2.58 bits per heavy atom. The van der Waals surface area contributed by atoms with E-state index in [0.717, 1.165) is 55.0 Å². The number of para-hydroxylation sites is 2. The van der Waals surface area contributed by atoms with E-state index in [1.807, 2.05) is 47.4 Å². The number of nitrogens with one attached hydrogen (secondary N) is 3. The summed E-state index contributed by atoms with van der Waals surface area (Å²) >= 11 is 0. The van der Waals surface area contributed by atoms with Crippen LogP contribution in [0.5, 0.6) is 0 Å². The molecular formula is C25H31N5O. The van der Waals surface area contributed by atoms with Crippen molar-refractivity contribution in [3.63, 3.8) is 0 Å². The average Bonchev–Trinajstić information content (AvgIpc) is 3.32. The molecule has 31 heavy (non-hydrogen) atoms. The first-order chi connectivity index (χ1) is 15.2. The molecule has 162 valence electrons. The normalized spacial score (nSPS) is 24.5. The van der Waals surface area contributed by atoms with Gasteiger partial charge in [-0.3, -0.25) is 4.99 Å². The second-order valence-corrected chi connectivity index (χ2v) is 8.96. The standard InChI is InChI=1S/C25H31N5O/c31-24(26-17-19-9-2-1-3-10-19)30-16-8-15-25(18-30)23(27-20-11-4-5-12-20)28-21-13-6-7-14-22(21)29-25/h1-3,6-7,9-10,13-14,20,29H,4-5,8,11-12,15-18H2,(H,26,31)(H,27,28). The summed E-state index contributed by atoms with van der Waals surface area (Å²) in [6.45, 7) is 1.92. The zero-order valence-corrected chi connectivity index (χ0v) is 17.9. The summed E-state index contributed by atoms with van der Waals surface area (Å²) in [6, 6.07) is 18.7. The number of amides is 2. The van der Waals surface area contributed by atoms with Gasteiger partial charge in [0.25, 0.3) is 0 Å². The Kier molecular flexibility index (Phi) is 5.53. The summed E-state index contributed by atoms with van der Waals surface area (Å²) in [5, 5.41) is 10.5. The van der Waals surface area contributed by atoms with Crippen LogP contribution in [0.2, 0.25) is 0 Å². The van der Waals surface area contributed by atoms with Crippen LogP contribution >= 0.6 is 0 Å². The fraction of sp³-hybridized carbons (Fsp3) is 0.440. The Morgan fingerprint density at radius 1 is 1.03 bits per heavy atom. The largest absolute Gasteiger partial charge is 0.370 e. The molecule has 3 aliphatic rings. The van der Waals surface area contributed by atoms with Crippen molar-refractivity contribution < 1.29 is 4.79 Å². The Hall–Kier alpha value is -3.02. The lowest BCUT2D eigenvalue weighted by molar-refractivity contribution is 0.173. The van der Waals surface area contributed by atoms with Gasteiger partial charge in [-0.25, -0.2) is 4.79 Å². The van der Waals surface area contributed by atoms with Crippen LogP contribution in [0.4, 0.5) is 16.2 Å². The minimum atomic E-state index is -0.362. The molecule has 6 heteroatoms. The predicted octanol–water partition coefficient (Wildman–Crippen LogP) is 4.61. The van der Waals surface area contributed by atoms with Crippen LogP contribution in [-0.4, -0.2) is 41.4 Å². The maximum absolute atomic E-state index is 13.0. The molecule has 1 atom stereocenters. The quantitative estimate of drug-likeness (QED) is 0.683. The highest BCUT2D eigenvalue weighted by Crippen LogP contribution is 2.37. The minimum absolute atomic E-state index is 0.0104. The van der Waals surface area contributed by atoms with Crippen molar-refractivity contribution in [2.24, 2.45) is 4.99 Å². The van der Waals surface area contributed by atoms with Crippen molar-refractivity contribution in [3.8, 4) is 0 Å². The summed E-state index contributed by atoms with van der Waals surface area (Å²) in [6.07, 6.45) is 6.73. The van der Waals surface area contributed by atoms with Crippen LogP contribution in [0.15, 0.2) is 59.6 Å². The Bertz CT molecular complexity index is 953. The number of amidine groups is 1. The molecule has 1 unspecified atom stereocenters. The van der Waals surface area contributed by atoms with Gasteiger partial charge in [-0.1, -0.05) is 55.3 Å². The topological polar surface area (TPSA) is 68.8 Å². The SMILES string of the molecule is O=C(NCc1ccccc1)N1CCCC2(C1)Nc1ccccc1NC2=NC1CCCC1. The van der Waals surface area contributed by atoms with E-state index in [1.54, 1.807) is 0 Å². The number of benzene rings is 2. The number of hydrogen-bond donors (Lipinski definition) is 3. The molecule has 2 aliphatic heterocycles. The number of hydrogen-bond acceptors (Lipinski definition) is 3. The summed E-state index contributed by atoms with van der Waals surface area (Å²) in [7, 11) is 0. The minimum Gasteiger partial charge on any atom is -0.370 e. The number of rotatable bonds is 3. The van der Waals surface area contributed by atoms with Gasteiger partial charge >= 0.3 is 6.03 Å². The first-order valence-electron chi connectivity index (χ1n) is 11.5. The van der Waals surface area contributed by atoms with Crippen molar-refractivity contribution in [2.75, 3.05) is 23.7 Å². The molecule has 3 N–H and O–H groups in total. The molecular weight excluding hydrogens is 386 g/mol. The third kappa shape index (κ3) is 4.24. The highest BCUT2D eigenvalue weighted by atomic mass is 16.2. The van der Waals surface area contributed by atoms with Gasteiger partial charge in [0.05, 0.1) is 24.0 Å². The summed E-state index contributed by atoms with van der Waals surface area (Å²) < 4.78 is 0. The lowest BCUT2D eigenvalue weighted by atomic mass is 9.85. The number of nitrogens with zero attached hydrogens (tertiary/aromatic N) is 2.